The Kier molecular flexibility index (Phi) is 6.32. The van der Waals surface area contributed by atoms with Gasteiger partial charge in [0.25, 0.3) is 0 Å². The lowest BCUT2D eigenvalue weighted by atomic mass is 9.92. The summed E-state index contributed by atoms with van der Waals surface area (Å²) in [5.41, 5.74) is 3.49. The van der Waals surface area contributed by atoms with E-state index >= 15 is 0 Å². The van der Waals surface area contributed by atoms with Gasteiger partial charge in [-0.05, 0) is 60.5 Å². The summed E-state index contributed by atoms with van der Waals surface area (Å²) >= 11 is 1.82. The molecule has 0 radical (unpaired) electrons. The third-order valence-corrected chi connectivity index (χ3v) is 7.53. The minimum atomic E-state index is 0.0919. The van der Waals surface area contributed by atoms with Gasteiger partial charge in [0.1, 0.15) is 5.75 Å². The molecule has 5 nitrogen and oxygen atoms in total. The molecule has 0 saturated carbocycles. The number of amides is 1. The highest BCUT2D eigenvalue weighted by Crippen LogP contribution is 2.34. The summed E-state index contributed by atoms with van der Waals surface area (Å²) in [5.74, 6) is 1.20. The minimum absolute atomic E-state index is 0.0919. The molecule has 2 aliphatic heterocycles. The van der Waals surface area contributed by atoms with E-state index in [1.807, 2.05) is 23.5 Å². The van der Waals surface area contributed by atoms with E-state index in [1.54, 1.807) is 0 Å². The standard InChI is InChI=1S/C26H31N3O2S/c1-19-17-26(30)27-23-18-20(7-8-21(19)23)31-15-3-2-10-28-11-13-29(14-12-28)24-5-4-6-25-22(24)9-16-32-25/h4-9,16,18-19H,2-3,10-15,17H2,1H3,(H,27,30). The molecule has 2 aliphatic rings. The van der Waals surface area contributed by atoms with Crippen molar-refractivity contribution in [1.29, 1.82) is 0 Å². The Hall–Kier alpha value is -2.57. The average Bonchev–Trinajstić information content (AvgIpc) is 3.28. The number of fused-ring (bicyclic) bond motifs is 2. The molecule has 168 valence electrons. The van der Waals surface area contributed by atoms with E-state index < -0.39 is 0 Å². The van der Waals surface area contributed by atoms with Gasteiger partial charge >= 0.3 is 0 Å². The predicted octanol–water partition coefficient (Wildman–Crippen LogP) is 5.33. The Morgan fingerprint density at radius 2 is 1.97 bits per heavy atom. The Labute approximate surface area is 194 Å². The Bertz CT molecular complexity index is 1090. The summed E-state index contributed by atoms with van der Waals surface area (Å²) < 4.78 is 7.34. The van der Waals surface area contributed by atoms with Gasteiger partial charge < -0.3 is 15.0 Å². The second kappa shape index (κ2) is 9.51. The smallest absolute Gasteiger partial charge is 0.224 e. The summed E-state index contributed by atoms with van der Waals surface area (Å²) in [6, 6.07) is 15.0. The lowest BCUT2D eigenvalue weighted by Crippen LogP contribution is -2.46. The van der Waals surface area contributed by atoms with Gasteiger partial charge in [-0.25, -0.2) is 0 Å². The van der Waals surface area contributed by atoms with Crippen molar-refractivity contribution in [2.75, 3.05) is 49.5 Å². The number of unbranched alkanes of at least 4 members (excludes halogenated alkanes) is 1. The van der Waals surface area contributed by atoms with Crippen molar-refractivity contribution in [3.05, 3.63) is 53.4 Å². The van der Waals surface area contributed by atoms with Crippen molar-refractivity contribution in [2.45, 2.75) is 32.1 Å². The maximum Gasteiger partial charge on any atom is 0.224 e. The Balaban J connectivity index is 1.04. The van der Waals surface area contributed by atoms with Crippen LogP contribution in [0.2, 0.25) is 0 Å². The van der Waals surface area contributed by atoms with Crippen molar-refractivity contribution >= 4 is 38.7 Å². The molecular formula is C26H31N3O2S. The van der Waals surface area contributed by atoms with Crippen molar-refractivity contribution in [3.8, 4) is 5.75 Å². The van der Waals surface area contributed by atoms with Gasteiger partial charge in [-0.3, -0.25) is 9.69 Å². The number of rotatable bonds is 7. The van der Waals surface area contributed by atoms with Gasteiger partial charge in [0.15, 0.2) is 0 Å². The summed E-state index contributed by atoms with van der Waals surface area (Å²) in [6.07, 6.45) is 2.73. The van der Waals surface area contributed by atoms with Crippen LogP contribution >= 0.6 is 11.3 Å². The molecule has 6 heteroatoms. The highest BCUT2D eigenvalue weighted by atomic mass is 32.1. The number of thiophene rings is 1. The van der Waals surface area contributed by atoms with E-state index in [0.29, 0.717) is 13.0 Å². The number of hydrogen-bond donors (Lipinski definition) is 1. The first-order chi connectivity index (χ1) is 15.7. The van der Waals surface area contributed by atoms with E-state index in [0.717, 1.165) is 57.0 Å². The molecule has 1 saturated heterocycles. The van der Waals surface area contributed by atoms with Crippen LogP contribution in [0, 0.1) is 0 Å². The van der Waals surface area contributed by atoms with Crippen molar-refractivity contribution in [3.63, 3.8) is 0 Å². The molecule has 0 bridgehead atoms. The zero-order chi connectivity index (χ0) is 21.9. The first-order valence-electron chi connectivity index (χ1n) is 11.7. The number of carbonyl (C=O) groups is 1. The molecule has 1 fully saturated rings. The SMILES string of the molecule is CC1CC(=O)Nc2cc(OCCCCN3CCN(c4cccc5sccc45)CC3)ccc21. The molecule has 1 aromatic heterocycles. The van der Waals surface area contributed by atoms with Crippen LogP contribution in [-0.4, -0.2) is 50.1 Å². The summed E-state index contributed by atoms with van der Waals surface area (Å²) in [6.45, 7) is 8.34. The van der Waals surface area contributed by atoms with Gasteiger partial charge in [-0.2, -0.15) is 0 Å². The fourth-order valence-electron chi connectivity index (χ4n) is 4.85. The van der Waals surface area contributed by atoms with Crippen molar-refractivity contribution in [2.24, 2.45) is 0 Å². The third kappa shape index (κ3) is 4.62. The summed E-state index contributed by atoms with van der Waals surface area (Å²) in [5, 5.41) is 6.55. The quantitative estimate of drug-likeness (QED) is 0.495. The largest absolute Gasteiger partial charge is 0.494 e. The molecule has 3 aromatic rings. The van der Waals surface area contributed by atoms with Gasteiger partial charge in [0, 0.05) is 60.1 Å². The first kappa shape index (κ1) is 21.3. The summed E-state index contributed by atoms with van der Waals surface area (Å²) in [4.78, 5) is 16.9. The van der Waals surface area contributed by atoms with Crippen molar-refractivity contribution in [1.82, 2.24) is 4.90 Å². The number of benzene rings is 2. The third-order valence-electron chi connectivity index (χ3n) is 6.64. The van der Waals surface area contributed by atoms with E-state index in [9.17, 15) is 4.79 Å². The van der Waals surface area contributed by atoms with Crippen LogP contribution in [0.1, 0.15) is 37.7 Å². The molecule has 1 atom stereocenters. The average molecular weight is 450 g/mol. The monoisotopic (exact) mass is 449 g/mol. The van der Waals surface area contributed by atoms with Crippen LogP contribution in [-0.2, 0) is 4.79 Å². The van der Waals surface area contributed by atoms with Gasteiger partial charge in [-0.1, -0.05) is 19.1 Å². The molecule has 1 N–H and O–H groups in total. The second-order valence-electron chi connectivity index (χ2n) is 8.90. The van der Waals surface area contributed by atoms with Gasteiger partial charge in [-0.15, -0.1) is 11.3 Å². The lowest BCUT2D eigenvalue weighted by Gasteiger charge is -2.36. The normalized spacial score (nSPS) is 19.1. The summed E-state index contributed by atoms with van der Waals surface area (Å²) in [7, 11) is 0. The number of anilines is 2. The van der Waals surface area contributed by atoms with Crippen LogP contribution in [0.25, 0.3) is 10.1 Å². The zero-order valence-corrected chi connectivity index (χ0v) is 19.5. The molecule has 32 heavy (non-hydrogen) atoms. The fourth-order valence-corrected chi connectivity index (χ4v) is 5.65. The van der Waals surface area contributed by atoms with Gasteiger partial charge in [0.2, 0.25) is 5.91 Å². The van der Waals surface area contributed by atoms with E-state index in [4.69, 9.17) is 4.74 Å². The molecule has 0 spiro atoms. The maximum absolute atomic E-state index is 11.8. The first-order valence-corrected chi connectivity index (χ1v) is 12.6. The second-order valence-corrected chi connectivity index (χ2v) is 9.84. The van der Waals surface area contributed by atoms with Crippen LogP contribution in [0.5, 0.6) is 5.75 Å². The fraction of sp³-hybridized carbons (Fsp3) is 0.423. The molecular weight excluding hydrogens is 418 g/mol. The lowest BCUT2D eigenvalue weighted by molar-refractivity contribution is -0.116. The van der Waals surface area contributed by atoms with E-state index in [-0.39, 0.29) is 11.8 Å². The maximum atomic E-state index is 11.8. The number of piperazine rings is 1. The minimum Gasteiger partial charge on any atom is -0.494 e. The topological polar surface area (TPSA) is 44.8 Å². The van der Waals surface area contributed by atoms with Crippen LogP contribution in [0.4, 0.5) is 11.4 Å². The molecule has 0 aliphatic carbocycles. The molecule has 2 aromatic carbocycles. The molecule has 1 unspecified atom stereocenters. The highest BCUT2D eigenvalue weighted by Gasteiger charge is 2.22. The Morgan fingerprint density at radius 1 is 1.09 bits per heavy atom. The van der Waals surface area contributed by atoms with Crippen LogP contribution in [0.15, 0.2) is 47.8 Å². The molecule has 5 rings (SSSR count). The molecule has 3 heterocycles. The van der Waals surface area contributed by atoms with Crippen LogP contribution < -0.4 is 15.0 Å². The Morgan fingerprint density at radius 3 is 2.84 bits per heavy atom. The van der Waals surface area contributed by atoms with E-state index in [2.05, 4.69) is 57.8 Å². The number of ether oxygens (including phenoxy) is 1. The zero-order valence-electron chi connectivity index (χ0n) is 18.7. The predicted molar refractivity (Wildman–Crippen MR) is 133 cm³/mol. The van der Waals surface area contributed by atoms with Crippen molar-refractivity contribution < 1.29 is 9.53 Å². The number of nitrogens with zero attached hydrogens (tertiary/aromatic N) is 2. The highest BCUT2D eigenvalue weighted by molar-refractivity contribution is 7.17. The van der Waals surface area contributed by atoms with Crippen LogP contribution in [0.3, 0.4) is 0 Å². The molecule has 1 amide bonds. The number of hydrogen-bond acceptors (Lipinski definition) is 5. The number of nitrogens with one attached hydrogen (secondary N) is 1. The van der Waals surface area contributed by atoms with Gasteiger partial charge in [0.05, 0.1) is 6.61 Å². The number of carbonyl (C=O) groups excluding carboxylic acids is 1. The van der Waals surface area contributed by atoms with E-state index in [1.165, 1.54) is 21.3 Å².